The Kier molecular flexibility index (Phi) is 4.57. The second-order valence-corrected chi connectivity index (χ2v) is 5.63. The number of carbonyl (C=O) groups is 1. The number of benzene rings is 1. The number of nitrogens with two attached hydrogens (primary N) is 1. The molecule has 0 saturated carbocycles. The summed E-state index contributed by atoms with van der Waals surface area (Å²) in [6.07, 6.45) is 0.149. The summed E-state index contributed by atoms with van der Waals surface area (Å²) in [4.78, 5) is 11.8. The lowest BCUT2D eigenvalue weighted by Gasteiger charge is -2.26. The van der Waals surface area contributed by atoms with E-state index >= 15 is 0 Å². The van der Waals surface area contributed by atoms with Gasteiger partial charge in [-0.1, -0.05) is 26.8 Å². The highest BCUT2D eigenvalue weighted by atomic mass is 19.1. The number of halogens is 2. The molecule has 1 unspecified atom stereocenters. The molecule has 0 aliphatic carbocycles. The van der Waals surface area contributed by atoms with E-state index < -0.39 is 11.6 Å². The van der Waals surface area contributed by atoms with Crippen molar-refractivity contribution in [1.82, 2.24) is 0 Å². The van der Waals surface area contributed by atoms with Crippen molar-refractivity contribution < 1.29 is 13.6 Å². The summed E-state index contributed by atoms with van der Waals surface area (Å²) in [5.74, 6) is -1.47. The molecular weight excluding hydrogens is 236 g/mol. The predicted octanol–water partition coefficient (Wildman–Crippen LogP) is 2.84. The van der Waals surface area contributed by atoms with Crippen molar-refractivity contribution in [3.63, 3.8) is 0 Å². The van der Waals surface area contributed by atoms with E-state index in [0.29, 0.717) is 0 Å². The van der Waals surface area contributed by atoms with Crippen LogP contribution in [0.2, 0.25) is 0 Å². The van der Waals surface area contributed by atoms with Crippen molar-refractivity contribution in [2.75, 3.05) is 0 Å². The third kappa shape index (κ3) is 4.18. The third-order valence-electron chi connectivity index (χ3n) is 2.96. The zero-order valence-electron chi connectivity index (χ0n) is 11.0. The molecule has 2 N–H and O–H groups in total. The van der Waals surface area contributed by atoms with Gasteiger partial charge in [0, 0.05) is 24.9 Å². The summed E-state index contributed by atoms with van der Waals surface area (Å²) in [5, 5.41) is 0. The number of ketones is 1. The Morgan fingerprint density at radius 3 is 2.44 bits per heavy atom. The predicted molar refractivity (Wildman–Crippen MR) is 67.1 cm³/mol. The molecule has 0 aliphatic heterocycles. The molecule has 0 saturated heterocycles. The van der Waals surface area contributed by atoms with Crippen LogP contribution >= 0.6 is 0 Å². The molecule has 1 rings (SSSR count). The quantitative estimate of drug-likeness (QED) is 0.899. The molecule has 0 heterocycles. The summed E-state index contributed by atoms with van der Waals surface area (Å²) in [6, 6.07) is 2.96. The van der Waals surface area contributed by atoms with E-state index in [0.717, 1.165) is 12.1 Å². The van der Waals surface area contributed by atoms with E-state index in [1.54, 1.807) is 0 Å². The third-order valence-corrected chi connectivity index (χ3v) is 2.96. The molecule has 0 aromatic heterocycles. The van der Waals surface area contributed by atoms with Crippen molar-refractivity contribution in [1.29, 1.82) is 0 Å². The monoisotopic (exact) mass is 255 g/mol. The molecule has 1 aromatic carbocycles. The molecule has 2 nitrogen and oxygen atoms in total. The van der Waals surface area contributed by atoms with Crippen LogP contribution in [0.25, 0.3) is 0 Å². The second-order valence-electron chi connectivity index (χ2n) is 5.63. The SMILES string of the molecule is CC(C)(C)C(N)CC(=O)Cc1ccc(F)cc1F. The standard InChI is InChI=1S/C14H19F2NO/c1-14(2,3)13(17)8-11(18)6-9-4-5-10(15)7-12(9)16/h4-5,7,13H,6,8,17H2,1-3H3. The lowest BCUT2D eigenvalue weighted by Crippen LogP contribution is -2.37. The van der Waals surface area contributed by atoms with Crippen LogP contribution in [0.1, 0.15) is 32.8 Å². The Hall–Kier alpha value is -1.29. The zero-order chi connectivity index (χ0) is 13.9. The Morgan fingerprint density at radius 2 is 1.94 bits per heavy atom. The maximum Gasteiger partial charge on any atom is 0.138 e. The Balaban J connectivity index is 2.65. The summed E-state index contributed by atoms with van der Waals surface area (Å²) >= 11 is 0. The zero-order valence-corrected chi connectivity index (χ0v) is 11.0. The van der Waals surface area contributed by atoms with Crippen LogP contribution in [0.15, 0.2) is 18.2 Å². The minimum absolute atomic E-state index is 0.0457. The summed E-state index contributed by atoms with van der Waals surface area (Å²) in [7, 11) is 0. The van der Waals surface area contributed by atoms with Crippen LogP contribution in [0, 0.1) is 17.0 Å². The van der Waals surface area contributed by atoms with Crippen LogP contribution in [0.5, 0.6) is 0 Å². The van der Waals surface area contributed by atoms with E-state index in [1.165, 1.54) is 6.07 Å². The lowest BCUT2D eigenvalue weighted by atomic mass is 9.84. The Bertz CT molecular complexity index is 438. The van der Waals surface area contributed by atoms with Crippen molar-refractivity contribution in [2.45, 2.75) is 39.7 Å². The van der Waals surface area contributed by atoms with Gasteiger partial charge in [0.05, 0.1) is 0 Å². The molecule has 18 heavy (non-hydrogen) atoms. The first-order valence-electron chi connectivity index (χ1n) is 5.91. The maximum atomic E-state index is 13.4. The fraction of sp³-hybridized carbons (Fsp3) is 0.500. The van der Waals surface area contributed by atoms with E-state index in [4.69, 9.17) is 5.73 Å². The number of hydrogen-bond acceptors (Lipinski definition) is 2. The van der Waals surface area contributed by atoms with Gasteiger partial charge in [-0.15, -0.1) is 0 Å². The highest BCUT2D eigenvalue weighted by molar-refractivity contribution is 5.81. The summed E-state index contributed by atoms with van der Waals surface area (Å²) in [6.45, 7) is 5.84. The molecule has 1 atom stereocenters. The van der Waals surface area contributed by atoms with Crippen molar-refractivity contribution in [2.24, 2.45) is 11.1 Å². The normalized spacial score (nSPS) is 13.4. The van der Waals surface area contributed by atoms with Crippen LogP contribution in [0.3, 0.4) is 0 Å². The van der Waals surface area contributed by atoms with Crippen LogP contribution in [-0.2, 0) is 11.2 Å². The average Bonchev–Trinajstić information content (AvgIpc) is 2.20. The highest BCUT2D eigenvalue weighted by Gasteiger charge is 2.23. The van der Waals surface area contributed by atoms with Crippen molar-refractivity contribution >= 4 is 5.78 Å². The minimum Gasteiger partial charge on any atom is -0.327 e. The minimum atomic E-state index is -0.687. The van der Waals surface area contributed by atoms with Crippen LogP contribution in [0.4, 0.5) is 8.78 Å². The van der Waals surface area contributed by atoms with Gasteiger partial charge < -0.3 is 5.73 Å². The van der Waals surface area contributed by atoms with Gasteiger partial charge in [0.25, 0.3) is 0 Å². The first-order valence-corrected chi connectivity index (χ1v) is 5.91. The summed E-state index contributed by atoms with van der Waals surface area (Å²) < 4.78 is 26.1. The second kappa shape index (κ2) is 5.57. The molecule has 0 fully saturated rings. The van der Waals surface area contributed by atoms with E-state index in [-0.39, 0.29) is 35.6 Å². The topological polar surface area (TPSA) is 43.1 Å². The molecule has 0 amide bonds. The average molecular weight is 255 g/mol. The van der Waals surface area contributed by atoms with Crippen molar-refractivity contribution in [3.05, 3.63) is 35.4 Å². The van der Waals surface area contributed by atoms with Crippen molar-refractivity contribution in [3.8, 4) is 0 Å². The lowest BCUT2D eigenvalue weighted by molar-refractivity contribution is -0.119. The van der Waals surface area contributed by atoms with Gasteiger partial charge in [0.15, 0.2) is 0 Å². The van der Waals surface area contributed by atoms with Crippen LogP contribution in [-0.4, -0.2) is 11.8 Å². The molecule has 0 radical (unpaired) electrons. The molecule has 0 bridgehead atoms. The largest absolute Gasteiger partial charge is 0.327 e. The van der Waals surface area contributed by atoms with Gasteiger partial charge in [-0.05, 0) is 17.0 Å². The molecule has 4 heteroatoms. The van der Waals surface area contributed by atoms with Gasteiger partial charge in [-0.25, -0.2) is 8.78 Å². The molecule has 0 aliphatic rings. The highest BCUT2D eigenvalue weighted by Crippen LogP contribution is 2.21. The Morgan fingerprint density at radius 1 is 1.33 bits per heavy atom. The fourth-order valence-corrected chi connectivity index (χ4v) is 1.50. The van der Waals surface area contributed by atoms with Gasteiger partial charge in [-0.2, -0.15) is 0 Å². The van der Waals surface area contributed by atoms with E-state index in [2.05, 4.69) is 0 Å². The first-order chi connectivity index (χ1) is 8.20. The van der Waals surface area contributed by atoms with E-state index in [1.807, 2.05) is 20.8 Å². The molecule has 100 valence electrons. The van der Waals surface area contributed by atoms with Gasteiger partial charge in [0.1, 0.15) is 17.4 Å². The first kappa shape index (κ1) is 14.8. The number of carbonyl (C=O) groups excluding carboxylic acids is 1. The number of Topliss-reactive ketones (excluding diaryl/α,β-unsaturated/α-hetero) is 1. The molecule has 1 aromatic rings. The van der Waals surface area contributed by atoms with Crippen LogP contribution < -0.4 is 5.73 Å². The smallest absolute Gasteiger partial charge is 0.138 e. The maximum absolute atomic E-state index is 13.4. The fourth-order valence-electron chi connectivity index (χ4n) is 1.50. The van der Waals surface area contributed by atoms with Gasteiger partial charge >= 0.3 is 0 Å². The summed E-state index contributed by atoms with van der Waals surface area (Å²) in [5.41, 5.74) is 5.93. The molecule has 0 spiro atoms. The van der Waals surface area contributed by atoms with E-state index in [9.17, 15) is 13.6 Å². The Labute approximate surface area is 106 Å². The van der Waals surface area contributed by atoms with Gasteiger partial charge in [-0.3, -0.25) is 4.79 Å². The van der Waals surface area contributed by atoms with Gasteiger partial charge in [0.2, 0.25) is 0 Å². The molecular formula is C14H19F2NO. The number of hydrogen-bond donors (Lipinski definition) is 1. The number of rotatable bonds is 4.